The smallest absolute Gasteiger partial charge is 0.269 e. The number of nitrogens with zero attached hydrogens (tertiary/aromatic N) is 3. The number of benzene rings is 3. The number of non-ortho nitro benzene ring substituents is 1. The van der Waals surface area contributed by atoms with E-state index in [2.05, 4.69) is 15.5 Å². The second-order valence-corrected chi connectivity index (χ2v) is 5.67. The van der Waals surface area contributed by atoms with Crippen molar-refractivity contribution in [3.63, 3.8) is 0 Å². The fourth-order valence-electron chi connectivity index (χ4n) is 2.23. The lowest BCUT2D eigenvalue weighted by atomic mass is 10.3. The van der Waals surface area contributed by atoms with E-state index in [0.29, 0.717) is 17.1 Å². The van der Waals surface area contributed by atoms with E-state index in [-0.39, 0.29) is 18.2 Å². The third-order valence-corrected chi connectivity index (χ3v) is 3.61. The maximum absolute atomic E-state index is 11.9. The molecule has 0 unspecified atom stereocenters. The predicted octanol–water partition coefficient (Wildman–Crippen LogP) is 5.03. The molecule has 8 heteroatoms. The van der Waals surface area contributed by atoms with Gasteiger partial charge in [0.15, 0.2) is 6.61 Å². The largest absolute Gasteiger partial charge is 0.484 e. The zero-order valence-corrected chi connectivity index (χ0v) is 14.7. The Kier molecular flexibility index (Phi) is 6.04. The summed E-state index contributed by atoms with van der Waals surface area (Å²) in [6.45, 7) is -0.193. The molecule has 140 valence electrons. The van der Waals surface area contributed by atoms with Crippen molar-refractivity contribution in [1.82, 2.24) is 0 Å². The number of carbonyl (C=O) groups is 1. The molecule has 0 aliphatic rings. The lowest BCUT2D eigenvalue weighted by molar-refractivity contribution is -0.384. The van der Waals surface area contributed by atoms with Crippen LogP contribution in [0.5, 0.6) is 5.75 Å². The average Bonchev–Trinajstić information content (AvgIpc) is 2.72. The molecule has 3 aromatic rings. The summed E-state index contributed by atoms with van der Waals surface area (Å²) in [5.41, 5.74) is 1.83. The van der Waals surface area contributed by atoms with Crippen molar-refractivity contribution in [2.24, 2.45) is 10.2 Å². The van der Waals surface area contributed by atoms with E-state index in [1.54, 1.807) is 24.3 Å². The number of rotatable bonds is 7. The first-order valence-corrected chi connectivity index (χ1v) is 8.34. The number of hydrogen-bond acceptors (Lipinski definition) is 6. The summed E-state index contributed by atoms with van der Waals surface area (Å²) in [5.74, 6) is 0.138. The van der Waals surface area contributed by atoms with E-state index >= 15 is 0 Å². The minimum Gasteiger partial charge on any atom is -0.484 e. The van der Waals surface area contributed by atoms with E-state index in [1.807, 2.05) is 30.3 Å². The van der Waals surface area contributed by atoms with Crippen LogP contribution in [-0.4, -0.2) is 17.4 Å². The van der Waals surface area contributed by atoms with Gasteiger partial charge in [0.25, 0.3) is 11.6 Å². The number of hydrogen-bond donors (Lipinski definition) is 1. The maximum atomic E-state index is 11.9. The summed E-state index contributed by atoms with van der Waals surface area (Å²) < 4.78 is 5.43. The number of ether oxygens (including phenoxy) is 1. The van der Waals surface area contributed by atoms with Crippen LogP contribution < -0.4 is 10.1 Å². The van der Waals surface area contributed by atoms with Gasteiger partial charge in [-0.1, -0.05) is 18.2 Å². The quantitative estimate of drug-likeness (QED) is 0.354. The van der Waals surface area contributed by atoms with Crippen LogP contribution >= 0.6 is 0 Å². The van der Waals surface area contributed by atoms with Gasteiger partial charge in [-0.25, -0.2) is 0 Å². The minimum atomic E-state index is -0.502. The molecule has 1 amide bonds. The molecule has 0 aromatic heterocycles. The molecule has 3 rings (SSSR count). The van der Waals surface area contributed by atoms with Gasteiger partial charge < -0.3 is 10.1 Å². The van der Waals surface area contributed by atoms with Gasteiger partial charge in [-0.15, -0.1) is 0 Å². The number of anilines is 1. The predicted molar refractivity (Wildman–Crippen MR) is 104 cm³/mol. The average molecular weight is 376 g/mol. The Morgan fingerprint density at radius 3 is 2.11 bits per heavy atom. The van der Waals surface area contributed by atoms with Gasteiger partial charge in [0.05, 0.1) is 16.3 Å². The summed E-state index contributed by atoms with van der Waals surface area (Å²) >= 11 is 0. The Labute approximate surface area is 160 Å². The highest BCUT2D eigenvalue weighted by Crippen LogP contribution is 2.21. The van der Waals surface area contributed by atoms with Crippen molar-refractivity contribution in [3.05, 3.63) is 89.0 Å². The molecule has 0 saturated heterocycles. The van der Waals surface area contributed by atoms with E-state index in [0.717, 1.165) is 5.69 Å². The number of nitrogens with one attached hydrogen (secondary N) is 1. The number of carbonyl (C=O) groups excluding carboxylic acids is 1. The minimum absolute atomic E-state index is 0.0428. The second kappa shape index (κ2) is 9.04. The molecular formula is C20H16N4O4. The van der Waals surface area contributed by atoms with Crippen LogP contribution in [0, 0.1) is 10.1 Å². The van der Waals surface area contributed by atoms with Gasteiger partial charge in [-0.2, -0.15) is 10.2 Å². The molecule has 0 heterocycles. The Balaban J connectivity index is 1.49. The molecular weight excluding hydrogens is 360 g/mol. The van der Waals surface area contributed by atoms with Gasteiger partial charge in [-0.05, 0) is 48.5 Å². The zero-order chi connectivity index (χ0) is 19.8. The van der Waals surface area contributed by atoms with Crippen LogP contribution in [0.4, 0.5) is 22.7 Å². The molecule has 0 atom stereocenters. The van der Waals surface area contributed by atoms with Crippen LogP contribution in [0.15, 0.2) is 89.1 Å². The number of azo groups is 1. The van der Waals surface area contributed by atoms with Crippen LogP contribution in [0.3, 0.4) is 0 Å². The van der Waals surface area contributed by atoms with Crippen molar-refractivity contribution < 1.29 is 14.5 Å². The van der Waals surface area contributed by atoms with Gasteiger partial charge in [0, 0.05) is 17.8 Å². The molecule has 3 aromatic carbocycles. The maximum Gasteiger partial charge on any atom is 0.269 e. The first kappa shape index (κ1) is 18.7. The fourth-order valence-corrected chi connectivity index (χ4v) is 2.23. The van der Waals surface area contributed by atoms with Crippen molar-refractivity contribution in [2.75, 3.05) is 11.9 Å². The Morgan fingerprint density at radius 1 is 0.893 bits per heavy atom. The molecule has 0 fully saturated rings. The first-order chi connectivity index (χ1) is 13.6. The van der Waals surface area contributed by atoms with Gasteiger partial charge in [0.2, 0.25) is 0 Å². The normalized spacial score (nSPS) is 10.6. The molecule has 1 N–H and O–H groups in total. The van der Waals surface area contributed by atoms with Crippen molar-refractivity contribution >= 4 is 28.7 Å². The van der Waals surface area contributed by atoms with E-state index in [1.165, 1.54) is 24.3 Å². The summed E-state index contributed by atoms with van der Waals surface area (Å²) in [6, 6.07) is 21.8. The molecule has 0 radical (unpaired) electrons. The Hall–Kier alpha value is -4.07. The van der Waals surface area contributed by atoms with E-state index in [4.69, 9.17) is 4.74 Å². The lowest BCUT2D eigenvalue weighted by Crippen LogP contribution is -2.20. The molecule has 28 heavy (non-hydrogen) atoms. The van der Waals surface area contributed by atoms with Crippen molar-refractivity contribution in [1.29, 1.82) is 0 Å². The van der Waals surface area contributed by atoms with Gasteiger partial charge in [-0.3, -0.25) is 14.9 Å². The SMILES string of the molecule is O=C(COc1ccc(N=Nc2ccccc2)cc1)Nc1ccc([N+](=O)[O-])cc1. The summed E-state index contributed by atoms with van der Waals surface area (Å²) in [5, 5.41) is 21.5. The van der Waals surface area contributed by atoms with E-state index < -0.39 is 4.92 Å². The Bertz CT molecular complexity index is 971. The third-order valence-electron chi connectivity index (χ3n) is 3.61. The molecule has 0 aliphatic carbocycles. The Morgan fingerprint density at radius 2 is 1.50 bits per heavy atom. The fraction of sp³-hybridized carbons (Fsp3) is 0.0500. The first-order valence-electron chi connectivity index (χ1n) is 8.34. The monoisotopic (exact) mass is 376 g/mol. The molecule has 8 nitrogen and oxygen atoms in total. The van der Waals surface area contributed by atoms with Crippen LogP contribution in [0.25, 0.3) is 0 Å². The number of amides is 1. The molecule has 0 saturated carbocycles. The molecule has 0 bridgehead atoms. The van der Waals surface area contributed by atoms with Crippen molar-refractivity contribution in [2.45, 2.75) is 0 Å². The highest BCUT2D eigenvalue weighted by molar-refractivity contribution is 5.91. The topological polar surface area (TPSA) is 106 Å². The van der Waals surface area contributed by atoms with Crippen LogP contribution in [0.1, 0.15) is 0 Å². The second-order valence-electron chi connectivity index (χ2n) is 5.67. The highest BCUT2D eigenvalue weighted by Gasteiger charge is 2.07. The van der Waals surface area contributed by atoms with Crippen molar-refractivity contribution in [3.8, 4) is 5.75 Å². The standard InChI is InChI=1S/C20H16N4O4/c25-20(21-15-6-10-18(11-7-15)24(26)27)14-28-19-12-8-17(9-13-19)23-22-16-4-2-1-3-5-16/h1-13H,14H2,(H,21,25). The van der Waals surface area contributed by atoms with Crippen LogP contribution in [0.2, 0.25) is 0 Å². The number of nitro groups is 1. The zero-order valence-electron chi connectivity index (χ0n) is 14.7. The molecule has 0 aliphatic heterocycles. The van der Waals surface area contributed by atoms with Gasteiger partial charge >= 0.3 is 0 Å². The van der Waals surface area contributed by atoms with Gasteiger partial charge in [0.1, 0.15) is 5.75 Å². The highest BCUT2D eigenvalue weighted by atomic mass is 16.6. The summed E-state index contributed by atoms with van der Waals surface area (Å²) in [7, 11) is 0. The van der Waals surface area contributed by atoms with Crippen LogP contribution in [-0.2, 0) is 4.79 Å². The van der Waals surface area contributed by atoms with E-state index in [9.17, 15) is 14.9 Å². The lowest BCUT2D eigenvalue weighted by Gasteiger charge is -2.07. The third kappa shape index (κ3) is 5.46. The summed E-state index contributed by atoms with van der Waals surface area (Å²) in [4.78, 5) is 22.0. The number of nitro benzene ring substituents is 1. The molecule has 0 spiro atoms. The summed E-state index contributed by atoms with van der Waals surface area (Å²) in [6.07, 6.45) is 0.